The van der Waals surface area contributed by atoms with Gasteiger partial charge in [-0.25, -0.2) is 4.79 Å². The first kappa shape index (κ1) is 29.7. The normalized spacial score (nSPS) is 14.3. The smallest absolute Gasteiger partial charge is 0.328 e. The summed E-state index contributed by atoms with van der Waals surface area (Å²) < 4.78 is 0. The van der Waals surface area contributed by atoms with Crippen molar-refractivity contribution in [2.75, 3.05) is 13.2 Å². The monoisotopic (exact) mass is 476 g/mol. The Labute approximate surface area is 189 Å². The highest BCUT2D eigenvalue weighted by atomic mass is 16.4. The summed E-state index contributed by atoms with van der Waals surface area (Å²) in [5.41, 5.74) is 16.1. The predicted octanol–water partition coefficient (Wildman–Crippen LogP) is -4.29. The Morgan fingerprint density at radius 1 is 0.788 bits per heavy atom. The van der Waals surface area contributed by atoms with E-state index in [1.165, 1.54) is 0 Å². The number of rotatable bonds is 17. The predicted molar refractivity (Wildman–Crippen MR) is 112 cm³/mol. The van der Waals surface area contributed by atoms with Gasteiger partial charge >= 0.3 is 11.9 Å². The number of aliphatic hydroxyl groups is 1. The minimum atomic E-state index is -1.71. The zero-order valence-corrected chi connectivity index (χ0v) is 18.0. The lowest BCUT2D eigenvalue weighted by Gasteiger charge is -2.24. The van der Waals surface area contributed by atoms with Crippen molar-refractivity contribution in [3.05, 3.63) is 0 Å². The van der Waals surface area contributed by atoms with Crippen molar-refractivity contribution < 1.29 is 44.1 Å². The number of carbonyl (C=O) groups is 6. The minimum absolute atomic E-state index is 0.0694. The number of aliphatic hydroxyl groups excluding tert-OH is 1. The summed E-state index contributed by atoms with van der Waals surface area (Å²) in [4.78, 5) is 70.3. The molecule has 33 heavy (non-hydrogen) atoms. The molecule has 0 bridgehead atoms. The Bertz CT molecular complexity index is 718. The van der Waals surface area contributed by atoms with Gasteiger partial charge in [-0.15, -0.1) is 0 Å². The van der Waals surface area contributed by atoms with Crippen LogP contribution < -0.4 is 33.2 Å². The van der Waals surface area contributed by atoms with E-state index in [1.54, 1.807) is 0 Å². The molecule has 0 heterocycles. The van der Waals surface area contributed by atoms with Crippen LogP contribution >= 0.6 is 0 Å². The molecule has 15 nitrogen and oxygen atoms in total. The molecule has 0 spiro atoms. The van der Waals surface area contributed by atoms with Gasteiger partial charge in [0.15, 0.2) is 0 Å². The van der Waals surface area contributed by atoms with E-state index in [1.807, 2.05) is 5.32 Å². The van der Waals surface area contributed by atoms with E-state index in [-0.39, 0.29) is 19.3 Å². The molecule has 0 radical (unpaired) electrons. The van der Waals surface area contributed by atoms with Crippen molar-refractivity contribution >= 4 is 35.6 Å². The molecule has 0 saturated carbocycles. The summed E-state index contributed by atoms with van der Waals surface area (Å²) in [6, 6.07) is -5.78. The van der Waals surface area contributed by atoms with Crippen LogP contribution in [0.2, 0.25) is 0 Å². The van der Waals surface area contributed by atoms with E-state index in [0.717, 1.165) is 0 Å². The minimum Gasteiger partial charge on any atom is -0.481 e. The van der Waals surface area contributed by atoms with E-state index >= 15 is 0 Å². The molecule has 4 unspecified atom stereocenters. The average Bonchev–Trinajstić information content (AvgIpc) is 2.73. The van der Waals surface area contributed by atoms with Crippen molar-refractivity contribution in [3.8, 4) is 0 Å². The van der Waals surface area contributed by atoms with Gasteiger partial charge in [-0.2, -0.15) is 0 Å². The first-order valence-corrected chi connectivity index (χ1v) is 10.1. The van der Waals surface area contributed by atoms with Gasteiger partial charge in [0.05, 0.1) is 19.1 Å². The van der Waals surface area contributed by atoms with Gasteiger partial charge < -0.3 is 48.5 Å². The SMILES string of the molecule is NCCCCC(NC(=O)C(N)CCC(N)=O)C(=O)NC(CC(=O)O)C(=O)NC(CO)C(=O)O. The molecule has 188 valence electrons. The number of primary amides is 1. The van der Waals surface area contributed by atoms with Crippen LogP contribution in [-0.2, 0) is 28.8 Å². The highest BCUT2D eigenvalue weighted by Gasteiger charge is 2.31. The third kappa shape index (κ3) is 12.4. The molecule has 0 fully saturated rings. The molecular formula is C18H32N6O9. The van der Waals surface area contributed by atoms with Crippen LogP contribution in [0.4, 0.5) is 0 Å². The fourth-order valence-corrected chi connectivity index (χ4v) is 2.58. The maximum Gasteiger partial charge on any atom is 0.328 e. The fraction of sp³-hybridized carbons (Fsp3) is 0.667. The van der Waals surface area contributed by atoms with Crippen LogP contribution in [0.5, 0.6) is 0 Å². The number of carboxylic acids is 2. The van der Waals surface area contributed by atoms with Crippen LogP contribution in [0, 0.1) is 0 Å². The Morgan fingerprint density at radius 3 is 1.82 bits per heavy atom. The number of hydrogen-bond acceptors (Lipinski definition) is 9. The first-order valence-electron chi connectivity index (χ1n) is 10.1. The van der Waals surface area contributed by atoms with Crippen LogP contribution in [0.1, 0.15) is 38.5 Å². The lowest BCUT2D eigenvalue weighted by Crippen LogP contribution is -2.57. The summed E-state index contributed by atoms with van der Waals surface area (Å²) in [5.74, 6) is -6.54. The highest BCUT2D eigenvalue weighted by molar-refractivity contribution is 5.95. The second kappa shape index (κ2) is 15.5. The summed E-state index contributed by atoms with van der Waals surface area (Å²) in [6.45, 7) is -0.655. The number of nitrogens with one attached hydrogen (secondary N) is 3. The van der Waals surface area contributed by atoms with Gasteiger partial charge in [0, 0.05) is 6.42 Å². The van der Waals surface area contributed by atoms with E-state index in [9.17, 15) is 28.8 Å². The van der Waals surface area contributed by atoms with Crippen LogP contribution in [0.3, 0.4) is 0 Å². The maximum atomic E-state index is 12.7. The number of hydrogen-bond donors (Lipinski definition) is 9. The average molecular weight is 476 g/mol. The molecular weight excluding hydrogens is 444 g/mol. The van der Waals surface area contributed by atoms with E-state index in [2.05, 4.69) is 10.6 Å². The standard InChI is InChI=1S/C18H32N6O9/c19-6-2-1-3-10(22-15(29)9(20)4-5-13(21)26)16(30)23-11(7-14(27)28)17(31)24-12(8-25)18(32)33/h9-12,25H,1-8,19-20H2,(H2,21,26)(H,22,29)(H,23,30)(H,24,31)(H,27,28)(H,32,33). The summed E-state index contributed by atoms with van der Waals surface area (Å²) >= 11 is 0. The maximum absolute atomic E-state index is 12.7. The fourth-order valence-electron chi connectivity index (χ4n) is 2.58. The number of amides is 4. The molecule has 0 aliphatic rings. The second-order valence-corrected chi connectivity index (χ2v) is 7.20. The topological polar surface area (TPSA) is 277 Å². The molecule has 0 aliphatic carbocycles. The molecule has 15 heteroatoms. The lowest BCUT2D eigenvalue weighted by molar-refractivity contribution is -0.144. The number of carboxylic acid groups (broad SMARTS) is 2. The number of nitrogens with two attached hydrogens (primary N) is 3. The van der Waals surface area contributed by atoms with Crippen molar-refractivity contribution in [2.24, 2.45) is 17.2 Å². The second-order valence-electron chi connectivity index (χ2n) is 7.20. The Hall–Kier alpha value is -3.30. The number of carbonyl (C=O) groups excluding carboxylic acids is 4. The summed E-state index contributed by atoms with van der Waals surface area (Å²) in [5, 5.41) is 33.5. The van der Waals surface area contributed by atoms with Crippen LogP contribution in [-0.4, -0.2) is 88.2 Å². The van der Waals surface area contributed by atoms with Gasteiger partial charge in [-0.05, 0) is 32.2 Å². The van der Waals surface area contributed by atoms with Crippen LogP contribution in [0.15, 0.2) is 0 Å². The molecule has 0 aromatic heterocycles. The van der Waals surface area contributed by atoms with Gasteiger partial charge in [0.1, 0.15) is 18.1 Å². The summed E-state index contributed by atoms with van der Waals surface area (Å²) in [6.07, 6.45) is -0.144. The molecule has 0 saturated heterocycles. The van der Waals surface area contributed by atoms with Crippen LogP contribution in [0.25, 0.3) is 0 Å². The van der Waals surface area contributed by atoms with Crippen molar-refractivity contribution in [3.63, 3.8) is 0 Å². The highest BCUT2D eigenvalue weighted by Crippen LogP contribution is 2.05. The van der Waals surface area contributed by atoms with E-state index in [4.69, 9.17) is 32.5 Å². The third-order valence-corrected chi connectivity index (χ3v) is 4.43. The van der Waals surface area contributed by atoms with Gasteiger partial charge in [-0.1, -0.05) is 0 Å². The molecule has 0 rings (SSSR count). The van der Waals surface area contributed by atoms with Crippen molar-refractivity contribution in [1.29, 1.82) is 0 Å². The third-order valence-electron chi connectivity index (χ3n) is 4.43. The number of aliphatic carboxylic acids is 2. The van der Waals surface area contributed by atoms with Crippen molar-refractivity contribution in [2.45, 2.75) is 62.7 Å². The molecule has 0 aromatic carbocycles. The van der Waals surface area contributed by atoms with Gasteiger partial charge in [-0.3, -0.25) is 24.0 Å². The Balaban J connectivity index is 5.41. The molecule has 0 aliphatic heterocycles. The molecule has 4 amide bonds. The molecule has 12 N–H and O–H groups in total. The van der Waals surface area contributed by atoms with Gasteiger partial charge in [0.25, 0.3) is 0 Å². The molecule has 0 aromatic rings. The van der Waals surface area contributed by atoms with Gasteiger partial charge in [0.2, 0.25) is 23.6 Å². The zero-order chi connectivity index (χ0) is 25.6. The first-order chi connectivity index (χ1) is 15.4. The summed E-state index contributed by atoms with van der Waals surface area (Å²) in [7, 11) is 0. The van der Waals surface area contributed by atoms with E-state index in [0.29, 0.717) is 19.4 Å². The van der Waals surface area contributed by atoms with Crippen molar-refractivity contribution in [1.82, 2.24) is 16.0 Å². The van der Waals surface area contributed by atoms with E-state index < -0.39 is 72.8 Å². The Morgan fingerprint density at radius 2 is 1.33 bits per heavy atom. The largest absolute Gasteiger partial charge is 0.481 e. The quantitative estimate of drug-likeness (QED) is 0.0905. The number of unbranched alkanes of at least 4 members (excludes halogenated alkanes) is 1. The molecule has 4 atom stereocenters. The zero-order valence-electron chi connectivity index (χ0n) is 18.0. The Kier molecular flexibility index (Phi) is 13.9. The lowest BCUT2D eigenvalue weighted by atomic mass is 10.1.